The van der Waals surface area contributed by atoms with Gasteiger partial charge in [-0.25, -0.2) is 0 Å². The Hall–Kier alpha value is -0.380. The zero-order valence-corrected chi connectivity index (χ0v) is 10.7. The molecule has 0 unspecified atom stereocenters. The van der Waals surface area contributed by atoms with Crippen LogP contribution in [0.5, 0.6) is 0 Å². The van der Waals surface area contributed by atoms with Gasteiger partial charge in [-0.3, -0.25) is 4.90 Å². The highest BCUT2D eigenvalue weighted by Gasteiger charge is 1.99. The molecule has 0 radical (unpaired) electrons. The van der Waals surface area contributed by atoms with Gasteiger partial charge in [0.15, 0.2) is 0 Å². The lowest BCUT2D eigenvalue weighted by molar-refractivity contribution is 0.123. The van der Waals surface area contributed by atoms with Crippen LogP contribution in [0.4, 0.5) is 0 Å². The van der Waals surface area contributed by atoms with Gasteiger partial charge in [-0.15, -0.1) is 0 Å². The fourth-order valence-corrected chi connectivity index (χ4v) is 1.58. The zero-order valence-electron chi connectivity index (χ0n) is 9.16. The summed E-state index contributed by atoms with van der Waals surface area (Å²) in [5, 5.41) is 0.912. The van der Waals surface area contributed by atoms with Crippen molar-refractivity contribution in [3.05, 3.63) is 35.9 Å². The van der Waals surface area contributed by atoms with Gasteiger partial charge in [0.1, 0.15) is 0 Å². The first-order chi connectivity index (χ1) is 7.33. The Kier molecular flexibility index (Phi) is 6.64. The Morgan fingerprint density at radius 1 is 1.20 bits per heavy atom. The number of rotatable bonds is 7. The highest BCUT2D eigenvalue weighted by atomic mass is 79.9. The summed E-state index contributed by atoms with van der Waals surface area (Å²) in [5.74, 6) is 0. The van der Waals surface area contributed by atoms with E-state index < -0.39 is 0 Å². The van der Waals surface area contributed by atoms with E-state index in [2.05, 4.69) is 52.1 Å². The summed E-state index contributed by atoms with van der Waals surface area (Å²) < 4.78 is 5.40. The molecule has 2 nitrogen and oxygen atoms in total. The molecule has 3 heteroatoms. The van der Waals surface area contributed by atoms with Crippen molar-refractivity contribution >= 4 is 15.9 Å². The second-order valence-corrected chi connectivity index (χ2v) is 4.32. The predicted molar refractivity (Wildman–Crippen MR) is 67.4 cm³/mol. The summed E-state index contributed by atoms with van der Waals surface area (Å²) in [6.07, 6.45) is 0. The number of hydrogen-bond donors (Lipinski definition) is 0. The third-order valence-corrected chi connectivity index (χ3v) is 2.46. The van der Waals surface area contributed by atoms with Crippen LogP contribution >= 0.6 is 15.9 Å². The van der Waals surface area contributed by atoms with Crippen molar-refractivity contribution in [1.82, 2.24) is 4.90 Å². The van der Waals surface area contributed by atoms with Crippen molar-refractivity contribution in [3.8, 4) is 0 Å². The normalized spacial score (nSPS) is 10.9. The summed E-state index contributed by atoms with van der Waals surface area (Å²) in [4.78, 5) is 2.27. The fraction of sp³-hybridized carbons (Fsp3) is 0.500. The molecule has 0 aromatic heterocycles. The molecular weight excluding hydrogens is 254 g/mol. The average molecular weight is 272 g/mol. The van der Waals surface area contributed by atoms with Crippen LogP contribution in [0, 0.1) is 0 Å². The Morgan fingerprint density at radius 3 is 2.60 bits per heavy atom. The van der Waals surface area contributed by atoms with Crippen LogP contribution in [-0.4, -0.2) is 37.0 Å². The lowest BCUT2D eigenvalue weighted by Crippen LogP contribution is -2.23. The number of benzene rings is 1. The molecule has 84 valence electrons. The van der Waals surface area contributed by atoms with Crippen molar-refractivity contribution in [3.63, 3.8) is 0 Å². The fourth-order valence-electron chi connectivity index (χ4n) is 1.35. The first-order valence-electron chi connectivity index (χ1n) is 5.19. The Morgan fingerprint density at radius 2 is 1.93 bits per heavy atom. The van der Waals surface area contributed by atoms with E-state index in [1.54, 1.807) is 0 Å². The van der Waals surface area contributed by atoms with Crippen LogP contribution in [0.1, 0.15) is 5.56 Å². The minimum absolute atomic E-state index is 0.791. The van der Waals surface area contributed by atoms with Gasteiger partial charge >= 0.3 is 0 Å². The summed E-state index contributed by atoms with van der Waals surface area (Å²) >= 11 is 3.33. The molecule has 1 rings (SSSR count). The molecule has 1 aromatic carbocycles. The van der Waals surface area contributed by atoms with Crippen LogP contribution in [0.3, 0.4) is 0 Å². The molecule has 0 bridgehead atoms. The molecule has 0 saturated carbocycles. The first kappa shape index (κ1) is 12.7. The largest absolute Gasteiger partial charge is 0.379 e. The third kappa shape index (κ3) is 5.92. The second-order valence-electron chi connectivity index (χ2n) is 3.52. The van der Waals surface area contributed by atoms with Crippen molar-refractivity contribution in [2.45, 2.75) is 6.54 Å². The second kappa shape index (κ2) is 7.85. The molecule has 1 aromatic rings. The van der Waals surface area contributed by atoms with E-state index in [-0.39, 0.29) is 0 Å². The molecule has 0 fully saturated rings. The Balaban J connectivity index is 2.16. The van der Waals surface area contributed by atoms with Crippen LogP contribution in [0.25, 0.3) is 0 Å². The molecule has 0 aliphatic carbocycles. The third-order valence-electron chi connectivity index (χ3n) is 2.13. The van der Waals surface area contributed by atoms with Crippen LogP contribution in [0.15, 0.2) is 30.3 Å². The van der Waals surface area contributed by atoms with Gasteiger partial charge in [-0.05, 0) is 12.6 Å². The monoisotopic (exact) mass is 271 g/mol. The van der Waals surface area contributed by atoms with Gasteiger partial charge in [-0.1, -0.05) is 46.3 Å². The number of nitrogens with zero attached hydrogens (tertiary/aromatic N) is 1. The zero-order chi connectivity index (χ0) is 10.9. The highest BCUT2D eigenvalue weighted by molar-refractivity contribution is 9.09. The van der Waals surface area contributed by atoms with E-state index in [0.29, 0.717) is 0 Å². The summed E-state index contributed by atoms with van der Waals surface area (Å²) in [7, 11) is 2.12. The van der Waals surface area contributed by atoms with E-state index in [4.69, 9.17) is 4.74 Å². The molecule has 0 atom stereocenters. The van der Waals surface area contributed by atoms with Gasteiger partial charge in [0.25, 0.3) is 0 Å². The Bertz CT molecular complexity index is 253. The maximum Gasteiger partial charge on any atom is 0.0593 e. The van der Waals surface area contributed by atoms with Crippen LogP contribution in [-0.2, 0) is 11.3 Å². The van der Waals surface area contributed by atoms with Gasteiger partial charge in [0, 0.05) is 18.4 Å². The molecule has 15 heavy (non-hydrogen) atoms. The lowest BCUT2D eigenvalue weighted by Gasteiger charge is -2.16. The maximum absolute atomic E-state index is 5.40. The van der Waals surface area contributed by atoms with Gasteiger partial charge in [0.2, 0.25) is 0 Å². The average Bonchev–Trinajstić information content (AvgIpc) is 2.26. The standard InChI is InChI=1S/C12H18BrNO/c1-14(8-10-15-9-7-13)11-12-5-3-2-4-6-12/h2-6H,7-11H2,1H3. The quantitative estimate of drug-likeness (QED) is 0.558. The summed E-state index contributed by atoms with van der Waals surface area (Å²) in [5.41, 5.74) is 1.35. The first-order valence-corrected chi connectivity index (χ1v) is 6.31. The molecule has 0 saturated heterocycles. The predicted octanol–water partition coefficient (Wildman–Crippen LogP) is 2.53. The molecule has 0 spiro atoms. The van der Waals surface area contributed by atoms with Crippen molar-refractivity contribution in [2.24, 2.45) is 0 Å². The van der Waals surface area contributed by atoms with Gasteiger partial charge in [0.05, 0.1) is 13.2 Å². The highest BCUT2D eigenvalue weighted by Crippen LogP contribution is 2.01. The van der Waals surface area contributed by atoms with E-state index in [1.165, 1.54) is 5.56 Å². The number of alkyl halides is 1. The lowest BCUT2D eigenvalue weighted by atomic mass is 10.2. The van der Waals surface area contributed by atoms with Crippen molar-refractivity contribution < 1.29 is 4.74 Å². The van der Waals surface area contributed by atoms with Crippen molar-refractivity contribution in [1.29, 1.82) is 0 Å². The van der Waals surface area contributed by atoms with Gasteiger partial charge < -0.3 is 4.74 Å². The van der Waals surface area contributed by atoms with Gasteiger partial charge in [-0.2, -0.15) is 0 Å². The maximum atomic E-state index is 5.40. The molecule has 0 heterocycles. The molecule has 0 N–H and O–H groups in total. The van der Waals surface area contributed by atoms with E-state index in [1.807, 2.05) is 6.07 Å². The number of halogens is 1. The minimum atomic E-state index is 0.791. The van der Waals surface area contributed by atoms with Crippen LogP contribution in [0.2, 0.25) is 0 Å². The number of ether oxygens (including phenoxy) is 1. The van der Waals surface area contributed by atoms with E-state index in [9.17, 15) is 0 Å². The molecule has 0 aliphatic rings. The minimum Gasteiger partial charge on any atom is -0.379 e. The van der Waals surface area contributed by atoms with Crippen LogP contribution < -0.4 is 0 Å². The number of hydrogen-bond acceptors (Lipinski definition) is 2. The summed E-state index contributed by atoms with van der Waals surface area (Å²) in [6.45, 7) is 3.55. The van der Waals surface area contributed by atoms with E-state index >= 15 is 0 Å². The topological polar surface area (TPSA) is 12.5 Å². The van der Waals surface area contributed by atoms with Crippen molar-refractivity contribution in [2.75, 3.05) is 32.1 Å². The SMILES string of the molecule is CN(CCOCCBr)Cc1ccccc1. The molecule has 0 aliphatic heterocycles. The molecule has 0 amide bonds. The molecular formula is C12H18BrNO. The Labute approximate surface area is 100 Å². The van der Waals surface area contributed by atoms with E-state index in [0.717, 1.165) is 31.6 Å². The smallest absolute Gasteiger partial charge is 0.0593 e. The number of likely N-dealkylation sites (N-methyl/N-ethyl adjacent to an activating group) is 1. The summed E-state index contributed by atoms with van der Waals surface area (Å²) in [6, 6.07) is 10.5.